The van der Waals surface area contributed by atoms with E-state index in [2.05, 4.69) is 42.5 Å². The Balaban J connectivity index is 1.14. The van der Waals surface area contributed by atoms with Crippen molar-refractivity contribution in [3.8, 4) is 0 Å². The van der Waals surface area contributed by atoms with Gasteiger partial charge in [0.2, 0.25) is 0 Å². The first-order valence-electron chi connectivity index (χ1n) is 10.3. The van der Waals surface area contributed by atoms with Gasteiger partial charge in [-0.25, -0.2) is 0 Å². The second-order valence-electron chi connectivity index (χ2n) is 7.40. The van der Waals surface area contributed by atoms with Crippen LogP contribution in [0, 0.1) is 0 Å². The van der Waals surface area contributed by atoms with Crippen molar-refractivity contribution < 1.29 is 9.59 Å². The van der Waals surface area contributed by atoms with Crippen LogP contribution in [0.15, 0.2) is 71.6 Å². The van der Waals surface area contributed by atoms with Crippen molar-refractivity contribution in [3.05, 3.63) is 77.9 Å². The Morgan fingerprint density at radius 3 is 2.07 bits per heavy atom. The van der Waals surface area contributed by atoms with E-state index in [9.17, 15) is 9.59 Å². The van der Waals surface area contributed by atoms with Crippen molar-refractivity contribution in [3.63, 3.8) is 0 Å². The molecule has 3 aromatic rings. The number of carbonyl (C=O) groups is 2. The maximum atomic E-state index is 12.3. The van der Waals surface area contributed by atoms with Gasteiger partial charge in [-0.2, -0.15) is 0 Å². The van der Waals surface area contributed by atoms with Crippen LogP contribution in [0.1, 0.15) is 52.8 Å². The first kappa shape index (κ1) is 19.7. The van der Waals surface area contributed by atoms with Crippen LogP contribution in [0.2, 0.25) is 0 Å². The fraction of sp³-hybridized carbons (Fsp3) is 0.280. The Morgan fingerprint density at radius 2 is 1.28 bits per heavy atom. The number of hydrogen-bond donors (Lipinski definition) is 0. The molecule has 3 nitrogen and oxygen atoms in total. The van der Waals surface area contributed by atoms with Gasteiger partial charge in [-0.3, -0.25) is 14.5 Å². The lowest BCUT2D eigenvalue weighted by Crippen LogP contribution is -2.30. The molecular formula is C25H25NO2S. The van der Waals surface area contributed by atoms with Crippen LogP contribution in [0.25, 0.3) is 10.8 Å². The van der Waals surface area contributed by atoms with E-state index in [-0.39, 0.29) is 11.8 Å². The van der Waals surface area contributed by atoms with Crippen LogP contribution in [-0.2, 0) is 0 Å². The average Bonchev–Trinajstić information content (AvgIpc) is 3.00. The highest BCUT2D eigenvalue weighted by molar-refractivity contribution is 7.99. The highest BCUT2D eigenvalue weighted by Crippen LogP contribution is 2.28. The van der Waals surface area contributed by atoms with Gasteiger partial charge in [-0.15, -0.1) is 11.8 Å². The van der Waals surface area contributed by atoms with E-state index in [4.69, 9.17) is 0 Å². The molecule has 0 aliphatic carbocycles. The van der Waals surface area contributed by atoms with E-state index < -0.39 is 0 Å². The second kappa shape index (κ2) is 9.27. The van der Waals surface area contributed by atoms with E-state index in [1.54, 1.807) is 12.1 Å². The summed E-state index contributed by atoms with van der Waals surface area (Å²) in [5.74, 6) is 0.834. The van der Waals surface area contributed by atoms with E-state index in [0.29, 0.717) is 17.7 Å². The SMILES string of the molecule is O=C1c2ccccc2C(=O)N1CCCCCCCSc1cccc2ccccc12. The number of imide groups is 1. The molecule has 148 valence electrons. The molecule has 1 aliphatic rings. The molecule has 1 heterocycles. The lowest BCUT2D eigenvalue weighted by molar-refractivity contribution is 0.0651. The standard InChI is InChI=1S/C25H25NO2S/c27-24-21-14-6-7-15-22(21)25(28)26(24)17-8-2-1-3-9-18-29-23-16-10-12-19-11-4-5-13-20(19)23/h4-7,10-16H,1-3,8-9,17-18H2. The molecule has 0 N–H and O–H groups in total. The second-order valence-corrected chi connectivity index (χ2v) is 8.54. The first-order valence-corrected chi connectivity index (χ1v) is 11.3. The fourth-order valence-corrected chi connectivity index (χ4v) is 4.93. The summed E-state index contributed by atoms with van der Waals surface area (Å²) in [6, 6.07) is 22.1. The molecule has 0 unspecified atom stereocenters. The summed E-state index contributed by atoms with van der Waals surface area (Å²) < 4.78 is 0. The van der Waals surface area contributed by atoms with E-state index >= 15 is 0 Å². The highest BCUT2D eigenvalue weighted by atomic mass is 32.2. The summed E-state index contributed by atoms with van der Waals surface area (Å²) in [5, 5.41) is 2.63. The lowest BCUT2D eigenvalue weighted by Gasteiger charge is -2.13. The summed E-state index contributed by atoms with van der Waals surface area (Å²) in [6.45, 7) is 0.525. The molecule has 0 bridgehead atoms. The molecule has 0 fully saturated rings. The number of hydrogen-bond acceptors (Lipinski definition) is 3. The number of benzene rings is 3. The summed E-state index contributed by atoms with van der Waals surface area (Å²) in [4.78, 5) is 27.4. The maximum absolute atomic E-state index is 12.3. The minimum atomic E-state index is -0.142. The van der Waals surface area contributed by atoms with Crippen LogP contribution in [0.5, 0.6) is 0 Å². The number of nitrogens with zero attached hydrogens (tertiary/aromatic N) is 1. The van der Waals surface area contributed by atoms with Gasteiger partial charge in [0.05, 0.1) is 11.1 Å². The number of rotatable bonds is 9. The van der Waals surface area contributed by atoms with Gasteiger partial charge < -0.3 is 0 Å². The van der Waals surface area contributed by atoms with Crippen molar-refractivity contribution in [2.75, 3.05) is 12.3 Å². The minimum absolute atomic E-state index is 0.142. The molecule has 0 atom stereocenters. The molecule has 0 spiro atoms. The molecule has 29 heavy (non-hydrogen) atoms. The Morgan fingerprint density at radius 1 is 0.655 bits per heavy atom. The van der Waals surface area contributed by atoms with Gasteiger partial charge in [0.25, 0.3) is 11.8 Å². The van der Waals surface area contributed by atoms with Crippen LogP contribution < -0.4 is 0 Å². The van der Waals surface area contributed by atoms with Crippen LogP contribution in [-0.4, -0.2) is 29.0 Å². The fourth-order valence-electron chi connectivity index (χ4n) is 3.85. The van der Waals surface area contributed by atoms with Gasteiger partial charge in [-0.05, 0) is 47.6 Å². The zero-order valence-corrected chi connectivity index (χ0v) is 17.3. The lowest BCUT2D eigenvalue weighted by atomic mass is 10.1. The van der Waals surface area contributed by atoms with Gasteiger partial charge >= 0.3 is 0 Å². The summed E-state index contributed by atoms with van der Waals surface area (Å²) >= 11 is 1.93. The molecule has 0 saturated carbocycles. The Labute approximate surface area is 176 Å². The van der Waals surface area contributed by atoms with Crippen LogP contribution in [0.3, 0.4) is 0 Å². The molecule has 4 rings (SSSR count). The third kappa shape index (κ3) is 4.38. The van der Waals surface area contributed by atoms with Gasteiger partial charge in [0.15, 0.2) is 0 Å². The van der Waals surface area contributed by atoms with Gasteiger partial charge in [-0.1, -0.05) is 67.8 Å². The minimum Gasteiger partial charge on any atom is -0.274 e. The number of fused-ring (bicyclic) bond motifs is 2. The van der Waals surface area contributed by atoms with Crippen molar-refractivity contribution in [2.45, 2.75) is 37.0 Å². The van der Waals surface area contributed by atoms with Crippen LogP contribution >= 0.6 is 11.8 Å². The largest absolute Gasteiger partial charge is 0.274 e. The predicted molar refractivity (Wildman–Crippen MR) is 120 cm³/mol. The predicted octanol–water partition coefficient (Wildman–Crippen LogP) is 6.18. The molecule has 3 aromatic carbocycles. The normalized spacial score (nSPS) is 13.3. The van der Waals surface area contributed by atoms with Crippen molar-refractivity contribution in [2.24, 2.45) is 0 Å². The topological polar surface area (TPSA) is 37.4 Å². The number of thioether (sulfide) groups is 1. The van der Waals surface area contributed by atoms with Crippen molar-refractivity contribution in [1.82, 2.24) is 4.90 Å². The smallest absolute Gasteiger partial charge is 0.261 e. The molecule has 4 heteroatoms. The quantitative estimate of drug-likeness (QED) is 0.243. The third-order valence-electron chi connectivity index (χ3n) is 5.41. The summed E-state index contributed by atoms with van der Waals surface area (Å²) in [5.41, 5.74) is 1.09. The summed E-state index contributed by atoms with van der Waals surface area (Å²) in [6.07, 6.45) is 5.42. The molecule has 1 aliphatic heterocycles. The number of amides is 2. The average molecular weight is 404 g/mol. The van der Waals surface area contributed by atoms with E-state index in [1.807, 2.05) is 23.9 Å². The molecule has 0 aromatic heterocycles. The monoisotopic (exact) mass is 403 g/mol. The van der Waals surface area contributed by atoms with Crippen LogP contribution in [0.4, 0.5) is 0 Å². The van der Waals surface area contributed by atoms with E-state index in [0.717, 1.165) is 25.0 Å². The number of carbonyl (C=O) groups excluding carboxylic acids is 2. The van der Waals surface area contributed by atoms with Gasteiger partial charge in [0.1, 0.15) is 0 Å². The van der Waals surface area contributed by atoms with Gasteiger partial charge in [0, 0.05) is 11.4 Å². The van der Waals surface area contributed by atoms with Crippen molar-refractivity contribution in [1.29, 1.82) is 0 Å². The number of unbranched alkanes of at least 4 members (excludes halogenated alkanes) is 4. The Hall–Kier alpha value is -2.59. The third-order valence-corrected chi connectivity index (χ3v) is 6.57. The zero-order valence-electron chi connectivity index (χ0n) is 16.5. The molecule has 2 amide bonds. The maximum Gasteiger partial charge on any atom is 0.261 e. The zero-order chi connectivity index (χ0) is 20.1. The highest BCUT2D eigenvalue weighted by Gasteiger charge is 2.34. The summed E-state index contributed by atoms with van der Waals surface area (Å²) in [7, 11) is 0. The van der Waals surface area contributed by atoms with E-state index in [1.165, 1.54) is 33.4 Å². The van der Waals surface area contributed by atoms with Crippen molar-refractivity contribution >= 4 is 34.3 Å². The first-order chi connectivity index (χ1) is 14.3. The Bertz CT molecular complexity index is 990. The Kier molecular flexibility index (Phi) is 6.30. The molecular weight excluding hydrogens is 378 g/mol. The molecule has 0 radical (unpaired) electrons. The molecule has 0 saturated heterocycles.